The van der Waals surface area contributed by atoms with Gasteiger partial charge >= 0.3 is 0 Å². The molecule has 0 N–H and O–H groups in total. The van der Waals surface area contributed by atoms with Gasteiger partial charge in [0.05, 0.1) is 0 Å². The van der Waals surface area contributed by atoms with Gasteiger partial charge in [-0.2, -0.15) is 0 Å². The van der Waals surface area contributed by atoms with E-state index in [9.17, 15) is 0 Å². The van der Waals surface area contributed by atoms with Gasteiger partial charge in [-0.1, -0.05) is 6.92 Å². The minimum Gasteiger partial charge on any atom is -0.439 e. The largest absolute Gasteiger partial charge is 0.439 e. The third-order valence-electron chi connectivity index (χ3n) is 2.40. The lowest BCUT2D eigenvalue weighted by atomic mass is 10.1. The number of thioether (sulfide) groups is 1. The van der Waals surface area contributed by atoms with Gasteiger partial charge in [0.25, 0.3) is 0 Å². The molecule has 1 aromatic rings. The number of hydrogen-bond acceptors (Lipinski definition) is 3. The highest BCUT2D eigenvalue weighted by molar-refractivity contribution is 7.98. The van der Waals surface area contributed by atoms with Crippen LogP contribution in [0.25, 0.3) is 0 Å². The summed E-state index contributed by atoms with van der Waals surface area (Å²) in [6.07, 6.45) is 7.03. The average molecular weight is 233 g/mol. The number of allylic oxidation sites excluding steroid dienone is 1. The van der Waals surface area contributed by atoms with Gasteiger partial charge in [0.1, 0.15) is 5.75 Å². The molecule has 1 aromatic carbocycles. The van der Waals surface area contributed by atoms with Crippen molar-refractivity contribution in [2.75, 3.05) is 6.26 Å². The van der Waals surface area contributed by atoms with Crippen LogP contribution in [0.3, 0.4) is 0 Å². The standard InChI is InChI=1S/C13H15NOS/c1-10-3-8-13(14-9-10)15-11-4-6-12(16-2)7-5-11/h4-10H,3H2,1-2H3. The Morgan fingerprint density at radius 2 is 2.06 bits per heavy atom. The summed E-state index contributed by atoms with van der Waals surface area (Å²) in [5.74, 6) is 2.07. The van der Waals surface area contributed by atoms with E-state index in [-0.39, 0.29) is 0 Å². The lowest BCUT2D eigenvalue weighted by Crippen LogP contribution is -2.04. The molecule has 1 heterocycles. The van der Waals surface area contributed by atoms with Crippen molar-refractivity contribution >= 4 is 18.0 Å². The zero-order valence-electron chi connectivity index (χ0n) is 9.51. The molecule has 2 rings (SSSR count). The molecular weight excluding hydrogens is 218 g/mol. The first kappa shape index (κ1) is 11.3. The first-order chi connectivity index (χ1) is 7.78. The van der Waals surface area contributed by atoms with Crippen LogP contribution in [0.1, 0.15) is 13.3 Å². The number of ether oxygens (including phenoxy) is 1. The number of nitrogens with zero attached hydrogens (tertiary/aromatic N) is 1. The SMILES string of the molecule is CSc1ccc(OC2=CCC(C)C=N2)cc1. The Bertz CT molecular complexity index is 408. The summed E-state index contributed by atoms with van der Waals surface area (Å²) in [7, 11) is 0. The van der Waals surface area contributed by atoms with Crippen LogP contribution in [0.2, 0.25) is 0 Å². The summed E-state index contributed by atoms with van der Waals surface area (Å²) in [6.45, 7) is 2.14. The molecule has 0 aromatic heterocycles. The third kappa shape index (κ3) is 2.89. The van der Waals surface area contributed by atoms with E-state index >= 15 is 0 Å². The van der Waals surface area contributed by atoms with Crippen LogP contribution in [-0.4, -0.2) is 12.5 Å². The monoisotopic (exact) mass is 233 g/mol. The highest BCUT2D eigenvalue weighted by Crippen LogP contribution is 2.22. The number of benzene rings is 1. The highest BCUT2D eigenvalue weighted by atomic mass is 32.2. The van der Waals surface area contributed by atoms with E-state index in [4.69, 9.17) is 4.74 Å². The summed E-state index contributed by atoms with van der Waals surface area (Å²) in [4.78, 5) is 5.50. The van der Waals surface area contributed by atoms with Gasteiger partial charge < -0.3 is 4.74 Å². The summed E-state index contributed by atoms with van der Waals surface area (Å²) in [5.41, 5.74) is 0. The van der Waals surface area contributed by atoms with E-state index in [1.807, 2.05) is 24.4 Å². The molecule has 0 fully saturated rings. The van der Waals surface area contributed by atoms with Crippen molar-refractivity contribution in [1.29, 1.82) is 0 Å². The minimum atomic E-state index is 0.520. The fraction of sp³-hybridized carbons (Fsp3) is 0.308. The quantitative estimate of drug-likeness (QED) is 0.742. The van der Waals surface area contributed by atoms with E-state index in [2.05, 4.69) is 30.3 Å². The Labute approximate surface area is 100 Å². The van der Waals surface area contributed by atoms with Crippen molar-refractivity contribution in [1.82, 2.24) is 0 Å². The molecule has 2 nitrogen and oxygen atoms in total. The van der Waals surface area contributed by atoms with Crippen molar-refractivity contribution in [2.45, 2.75) is 18.2 Å². The van der Waals surface area contributed by atoms with E-state index < -0.39 is 0 Å². The molecule has 0 saturated heterocycles. The van der Waals surface area contributed by atoms with E-state index in [1.54, 1.807) is 11.8 Å². The lowest BCUT2D eigenvalue weighted by molar-refractivity contribution is 0.413. The van der Waals surface area contributed by atoms with Gasteiger partial charge in [0.2, 0.25) is 5.88 Å². The zero-order valence-corrected chi connectivity index (χ0v) is 10.3. The van der Waals surface area contributed by atoms with Crippen LogP contribution in [0.4, 0.5) is 0 Å². The second kappa shape index (κ2) is 5.21. The molecule has 84 valence electrons. The topological polar surface area (TPSA) is 21.6 Å². The van der Waals surface area contributed by atoms with Crippen molar-refractivity contribution in [3.63, 3.8) is 0 Å². The predicted octanol–water partition coefficient (Wildman–Crippen LogP) is 3.74. The number of hydrogen-bond donors (Lipinski definition) is 0. The second-order valence-electron chi connectivity index (χ2n) is 3.81. The number of rotatable bonds is 3. The molecule has 1 aliphatic rings. The molecule has 0 aliphatic carbocycles. The average Bonchev–Trinajstić information content (AvgIpc) is 2.33. The van der Waals surface area contributed by atoms with Crippen molar-refractivity contribution in [3.05, 3.63) is 36.2 Å². The smallest absolute Gasteiger partial charge is 0.214 e. The van der Waals surface area contributed by atoms with Crippen molar-refractivity contribution < 1.29 is 4.74 Å². The van der Waals surface area contributed by atoms with Gasteiger partial charge in [-0.15, -0.1) is 11.8 Å². The minimum absolute atomic E-state index is 0.520. The molecule has 1 unspecified atom stereocenters. The molecule has 1 aliphatic heterocycles. The molecule has 0 saturated carbocycles. The van der Waals surface area contributed by atoms with Gasteiger partial charge in [0, 0.05) is 11.1 Å². The summed E-state index contributed by atoms with van der Waals surface area (Å²) < 4.78 is 5.66. The van der Waals surface area contributed by atoms with Crippen molar-refractivity contribution in [3.8, 4) is 5.75 Å². The molecule has 16 heavy (non-hydrogen) atoms. The Morgan fingerprint density at radius 1 is 1.31 bits per heavy atom. The summed E-state index contributed by atoms with van der Waals surface area (Å²) in [6, 6.07) is 8.05. The molecule has 0 radical (unpaired) electrons. The van der Waals surface area contributed by atoms with Gasteiger partial charge in [-0.25, -0.2) is 4.99 Å². The molecule has 0 spiro atoms. The zero-order chi connectivity index (χ0) is 11.4. The summed E-state index contributed by atoms with van der Waals surface area (Å²) in [5, 5.41) is 0. The highest BCUT2D eigenvalue weighted by Gasteiger charge is 2.06. The fourth-order valence-corrected chi connectivity index (χ4v) is 1.84. The van der Waals surface area contributed by atoms with Crippen LogP contribution < -0.4 is 4.74 Å². The Balaban J connectivity index is 2.01. The Hall–Kier alpha value is -1.22. The van der Waals surface area contributed by atoms with Gasteiger partial charge in [-0.3, -0.25) is 0 Å². The maximum atomic E-state index is 5.66. The molecule has 3 heteroatoms. The van der Waals surface area contributed by atoms with E-state index in [1.165, 1.54) is 4.90 Å². The Morgan fingerprint density at radius 3 is 2.62 bits per heavy atom. The summed E-state index contributed by atoms with van der Waals surface area (Å²) >= 11 is 1.72. The third-order valence-corrected chi connectivity index (χ3v) is 3.15. The normalized spacial score (nSPS) is 19.4. The van der Waals surface area contributed by atoms with Crippen LogP contribution in [0.15, 0.2) is 46.1 Å². The first-order valence-corrected chi connectivity index (χ1v) is 6.56. The maximum absolute atomic E-state index is 5.66. The van der Waals surface area contributed by atoms with Gasteiger partial charge in [-0.05, 0) is 48.9 Å². The van der Waals surface area contributed by atoms with E-state index in [0.717, 1.165) is 12.2 Å². The van der Waals surface area contributed by atoms with Crippen LogP contribution in [-0.2, 0) is 0 Å². The lowest BCUT2D eigenvalue weighted by Gasteiger charge is -2.11. The van der Waals surface area contributed by atoms with Crippen LogP contribution in [0.5, 0.6) is 5.75 Å². The van der Waals surface area contributed by atoms with Gasteiger partial charge in [0.15, 0.2) is 0 Å². The predicted molar refractivity (Wildman–Crippen MR) is 69.2 cm³/mol. The fourth-order valence-electron chi connectivity index (χ4n) is 1.43. The first-order valence-electron chi connectivity index (χ1n) is 5.34. The molecule has 1 atom stereocenters. The van der Waals surface area contributed by atoms with E-state index in [0.29, 0.717) is 11.8 Å². The second-order valence-corrected chi connectivity index (χ2v) is 4.69. The van der Waals surface area contributed by atoms with Crippen LogP contribution in [0, 0.1) is 5.92 Å². The maximum Gasteiger partial charge on any atom is 0.214 e. The van der Waals surface area contributed by atoms with Crippen molar-refractivity contribution in [2.24, 2.45) is 10.9 Å². The molecular formula is C13H15NOS. The number of aliphatic imine (C=N–C) groups is 1. The Kier molecular flexibility index (Phi) is 3.67. The van der Waals surface area contributed by atoms with Crippen LogP contribution >= 0.6 is 11.8 Å². The molecule has 0 bridgehead atoms. The molecule has 0 amide bonds.